The molecule has 0 aliphatic carbocycles. The Kier molecular flexibility index (Phi) is 4.89. The quantitative estimate of drug-likeness (QED) is 0.757. The van der Waals surface area contributed by atoms with Crippen LogP contribution in [0.3, 0.4) is 0 Å². The van der Waals surface area contributed by atoms with Crippen LogP contribution < -0.4 is 10.6 Å². The van der Waals surface area contributed by atoms with Gasteiger partial charge in [0.15, 0.2) is 0 Å². The van der Waals surface area contributed by atoms with E-state index in [1.807, 2.05) is 11.8 Å². The van der Waals surface area contributed by atoms with Crippen molar-refractivity contribution in [2.24, 2.45) is 5.92 Å². The van der Waals surface area contributed by atoms with Gasteiger partial charge >= 0.3 is 0 Å². The minimum Gasteiger partial charge on any atom is -0.371 e. The van der Waals surface area contributed by atoms with Gasteiger partial charge in [-0.05, 0) is 42.9 Å². The van der Waals surface area contributed by atoms with Gasteiger partial charge in [0, 0.05) is 14.9 Å². The molecule has 1 fully saturated rings. The highest BCUT2D eigenvalue weighted by Crippen LogP contribution is 2.45. The van der Waals surface area contributed by atoms with Crippen LogP contribution in [0.15, 0.2) is 34.1 Å². The summed E-state index contributed by atoms with van der Waals surface area (Å²) in [6.45, 7) is 9.31. The Hall–Kier alpha value is -0.100. The molecule has 3 atom stereocenters. The van der Waals surface area contributed by atoms with Gasteiger partial charge in [0.1, 0.15) is 0 Å². The zero-order valence-electron chi connectivity index (χ0n) is 13.4. The Labute approximate surface area is 150 Å². The predicted molar refractivity (Wildman–Crippen MR) is 104 cm³/mol. The van der Waals surface area contributed by atoms with Crippen molar-refractivity contribution in [2.75, 3.05) is 0 Å². The zero-order valence-corrected chi connectivity index (χ0v) is 16.6. The highest BCUT2D eigenvalue weighted by molar-refractivity contribution is 9.10. The summed E-state index contributed by atoms with van der Waals surface area (Å²) in [5, 5.41) is 10.8. The molecular formula is C17H23BrN2S2. The summed E-state index contributed by atoms with van der Waals surface area (Å²) in [6, 6.07) is 8.96. The largest absolute Gasteiger partial charge is 0.371 e. The normalized spacial score (nSPS) is 30.5. The van der Waals surface area contributed by atoms with Crippen molar-refractivity contribution < 1.29 is 0 Å². The Morgan fingerprint density at radius 3 is 2.45 bits per heavy atom. The summed E-state index contributed by atoms with van der Waals surface area (Å²) in [7, 11) is 0. The van der Waals surface area contributed by atoms with Crippen LogP contribution in [0, 0.1) is 5.92 Å². The smallest absolute Gasteiger partial charge is 0.0932 e. The highest BCUT2D eigenvalue weighted by Gasteiger charge is 2.46. The highest BCUT2D eigenvalue weighted by atomic mass is 79.9. The van der Waals surface area contributed by atoms with Crippen molar-refractivity contribution in [2.45, 2.75) is 49.2 Å². The first kappa shape index (κ1) is 16.7. The SMILES string of the molecule is CC(C)C1NC(C2NC(c3ccc(Br)cc3)=CS2)C(C)(C)S1. The Morgan fingerprint density at radius 1 is 1.18 bits per heavy atom. The van der Waals surface area contributed by atoms with Crippen LogP contribution in [0.2, 0.25) is 0 Å². The van der Waals surface area contributed by atoms with Gasteiger partial charge in [0.25, 0.3) is 0 Å². The molecule has 0 amide bonds. The van der Waals surface area contributed by atoms with Crippen LogP contribution in [0.4, 0.5) is 0 Å². The van der Waals surface area contributed by atoms with Crippen LogP contribution in [-0.4, -0.2) is 21.5 Å². The molecule has 2 nitrogen and oxygen atoms in total. The second-order valence-corrected chi connectivity index (χ2v) is 10.5. The summed E-state index contributed by atoms with van der Waals surface area (Å²) in [6.07, 6.45) is 0. The van der Waals surface area contributed by atoms with Crippen molar-refractivity contribution in [3.8, 4) is 0 Å². The van der Waals surface area contributed by atoms with Crippen LogP contribution in [0.25, 0.3) is 5.70 Å². The lowest BCUT2D eigenvalue weighted by Gasteiger charge is -2.30. The monoisotopic (exact) mass is 398 g/mol. The van der Waals surface area contributed by atoms with E-state index in [0.717, 1.165) is 4.47 Å². The molecule has 0 bridgehead atoms. The molecule has 5 heteroatoms. The molecule has 1 aromatic carbocycles. The standard InChI is InChI=1S/C17H23BrN2S2/c1-10(2)15-20-14(17(3,4)22-15)16-19-13(9-21-16)11-5-7-12(18)8-6-11/h5-10,14-16,19-20H,1-4H3. The van der Waals surface area contributed by atoms with E-state index in [0.29, 0.717) is 22.7 Å². The van der Waals surface area contributed by atoms with Crippen LogP contribution in [-0.2, 0) is 0 Å². The van der Waals surface area contributed by atoms with Crippen molar-refractivity contribution in [1.29, 1.82) is 0 Å². The third-order valence-electron chi connectivity index (χ3n) is 4.22. The van der Waals surface area contributed by atoms with Crippen molar-refractivity contribution in [3.63, 3.8) is 0 Å². The molecule has 3 unspecified atom stereocenters. The number of hydrogen-bond donors (Lipinski definition) is 2. The maximum Gasteiger partial charge on any atom is 0.0932 e. The van der Waals surface area contributed by atoms with E-state index >= 15 is 0 Å². The van der Waals surface area contributed by atoms with Gasteiger partial charge < -0.3 is 5.32 Å². The van der Waals surface area contributed by atoms with Crippen LogP contribution >= 0.6 is 39.5 Å². The molecule has 0 spiro atoms. The fraction of sp³-hybridized carbons (Fsp3) is 0.529. The average Bonchev–Trinajstić information content (AvgIpc) is 3.03. The summed E-state index contributed by atoms with van der Waals surface area (Å²) < 4.78 is 1.36. The number of halogens is 1. The molecular weight excluding hydrogens is 376 g/mol. The number of nitrogens with one attached hydrogen (secondary N) is 2. The third-order valence-corrected chi connectivity index (χ3v) is 7.60. The average molecular weight is 399 g/mol. The van der Waals surface area contributed by atoms with E-state index < -0.39 is 0 Å². The summed E-state index contributed by atoms with van der Waals surface area (Å²) in [4.78, 5) is 0. The van der Waals surface area contributed by atoms with Gasteiger partial charge in [0.2, 0.25) is 0 Å². The maximum atomic E-state index is 3.84. The Bertz CT molecular complexity index is 569. The van der Waals surface area contributed by atoms with Crippen molar-refractivity contribution in [1.82, 2.24) is 10.6 Å². The van der Waals surface area contributed by atoms with Gasteiger partial charge in [-0.2, -0.15) is 0 Å². The minimum absolute atomic E-state index is 0.239. The van der Waals surface area contributed by atoms with Crippen LogP contribution in [0.5, 0.6) is 0 Å². The first-order valence-electron chi connectivity index (χ1n) is 7.69. The molecule has 22 heavy (non-hydrogen) atoms. The molecule has 1 saturated heterocycles. The molecule has 1 aromatic rings. The fourth-order valence-corrected chi connectivity index (χ4v) is 6.00. The van der Waals surface area contributed by atoms with E-state index in [9.17, 15) is 0 Å². The molecule has 2 heterocycles. The molecule has 2 aliphatic heterocycles. The lowest BCUT2D eigenvalue weighted by Crippen LogP contribution is -2.50. The van der Waals surface area contributed by atoms with Gasteiger partial charge in [-0.15, -0.1) is 23.5 Å². The molecule has 120 valence electrons. The van der Waals surface area contributed by atoms with Gasteiger partial charge in [0.05, 0.1) is 16.8 Å². The predicted octanol–water partition coefficient (Wildman–Crippen LogP) is 4.88. The van der Waals surface area contributed by atoms with Crippen molar-refractivity contribution >= 4 is 45.2 Å². The number of benzene rings is 1. The lowest BCUT2D eigenvalue weighted by molar-refractivity contribution is 0.403. The topological polar surface area (TPSA) is 24.1 Å². The molecule has 0 saturated carbocycles. The fourth-order valence-electron chi connectivity index (χ4n) is 2.90. The van der Waals surface area contributed by atoms with Gasteiger partial charge in [-0.3, -0.25) is 5.32 Å². The summed E-state index contributed by atoms with van der Waals surface area (Å²) >= 11 is 7.48. The van der Waals surface area contributed by atoms with E-state index in [4.69, 9.17) is 0 Å². The molecule has 2 aliphatic rings. The lowest BCUT2D eigenvalue weighted by atomic mass is 10.0. The maximum absolute atomic E-state index is 3.84. The van der Waals surface area contributed by atoms with E-state index in [2.05, 4.69) is 95.7 Å². The Morgan fingerprint density at radius 2 is 1.86 bits per heavy atom. The number of hydrogen-bond acceptors (Lipinski definition) is 4. The number of thioether (sulfide) groups is 2. The second kappa shape index (κ2) is 6.42. The Balaban J connectivity index is 1.70. The first-order valence-corrected chi connectivity index (χ1v) is 10.3. The van der Waals surface area contributed by atoms with Gasteiger partial charge in [-0.25, -0.2) is 0 Å². The number of rotatable bonds is 3. The second-order valence-electron chi connectivity index (χ2n) is 6.77. The van der Waals surface area contributed by atoms with Crippen molar-refractivity contribution in [3.05, 3.63) is 39.7 Å². The van der Waals surface area contributed by atoms with E-state index in [1.165, 1.54) is 11.3 Å². The summed E-state index contributed by atoms with van der Waals surface area (Å²) in [5.74, 6) is 0.652. The minimum atomic E-state index is 0.239. The van der Waals surface area contributed by atoms with Crippen LogP contribution in [0.1, 0.15) is 33.3 Å². The van der Waals surface area contributed by atoms with E-state index in [-0.39, 0.29) is 4.75 Å². The van der Waals surface area contributed by atoms with Gasteiger partial charge in [-0.1, -0.05) is 41.9 Å². The molecule has 2 N–H and O–H groups in total. The first-order chi connectivity index (χ1) is 10.4. The molecule has 3 rings (SSSR count). The molecule has 0 radical (unpaired) electrons. The summed E-state index contributed by atoms with van der Waals surface area (Å²) in [5.41, 5.74) is 2.49. The third kappa shape index (κ3) is 3.37. The van der Waals surface area contributed by atoms with E-state index in [1.54, 1.807) is 0 Å². The zero-order chi connectivity index (χ0) is 15.9. The molecule has 0 aromatic heterocycles.